The molecule has 2 amide bonds. The average molecular weight is 311 g/mol. The van der Waals surface area contributed by atoms with Crippen molar-refractivity contribution in [2.45, 2.75) is 25.1 Å². The van der Waals surface area contributed by atoms with Gasteiger partial charge in [-0.15, -0.1) is 0 Å². The SMILES string of the molecule is O=C1NC2OCCCC2C(c2cccc(Br)c2)N1. The Bertz CT molecular complexity index is 466. The lowest BCUT2D eigenvalue weighted by atomic mass is 9.85. The van der Waals surface area contributed by atoms with Crippen LogP contribution in [0, 0.1) is 5.92 Å². The van der Waals surface area contributed by atoms with Gasteiger partial charge in [0.25, 0.3) is 0 Å². The first kappa shape index (κ1) is 12.0. The van der Waals surface area contributed by atoms with Crippen LogP contribution in [0.4, 0.5) is 4.79 Å². The lowest BCUT2D eigenvalue weighted by Gasteiger charge is -2.41. The summed E-state index contributed by atoms with van der Waals surface area (Å²) in [5, 5.41) is 5.86. The highest BCUT2D eigenvalue weighted by molar-refractivity contribution is 9.10. The molecule has 2 saturated heterocycles. The van der Waals surface area contributed by atoms with E-state index in [1.165, 1.54) is 0 Å². The molecule has 18 heavy (non-hydrogen) atoms. The van der Waals surface area contributed by atoms with E-state index in [0.29, 0.717) is 5.92 Å². The smallest absolute Gasteiger partial charge is 0.317 e. The molecule has 5 heteroatoms. The maximum atomic E-state index is 11.7. The van der Waals surface area contributed by atoms with Crippen LogP contribution in [-0.4, -0.2) is 18.9 Å². The van der Waals surface area contributed by atoms with Gasteiger partial charge in [0.1, 0.15) is 6.23 Å². The van der Waals surface area contributed by atoms with E-state index in [2.05, 4.69) is 32.6 Å². The van der Waals surface area contributed by atoms with Crippen LogP contribution in [0.15, 0.2) is 28.7 Å². The molecule has 96 valence electrons. The van der Waals surface area contributed by atoms with Gasteiger partial charge in [0, 0.05) is 17.0 Å². The van der Waals surface area contributed by atoms with Crippen molar-refractivity contribution in [1.29, 1.82) is 0 Å². The molecule has 0 aromatic heterocycles. The van der Waals surface area contributed by atoms with E-state index in [-0.39, 0.29) is 18.3 Å². The van der Waals surface area contributed by atoms with E-state index in [1.807, 2.05) is 18.2 Å². The number of halogens is 1. The van der Waals surface area contributed by atoms with Crippen LogP contribution in [0.25, 0.3) is 0 Å². The summed E-state index contributed by atoms with van der Waals surface area (Å²) in [5.74, 6) is 0.297. The van der Waals surface area contributed by atoms with Crippen molar-refractivity contribution >= 4 is 22.0 Å². The highest BCUT2D eigenvalue weighted by Crippen LogP contribution is 2.34. The lowest BCUT2D eigenvalue weighted by molar-refractivity contribution is -0.0602. The highest BCUT2D eigenvalue weighted by atomic mass is 79.9. The minimum atomic E-state index is -0.156. The molecule has 4 nitrogen and oxygen atoms in total. The Labute approximate surface area is 114 Å². The third-order valence-corrected chi connectivity index (χ3v) is 4.06. The molecule has 0 saturated carbocycles. The summed E-state index contributed by atoms with van der Waals surface area (Å²) >= 11 is 3.47. The Kier molecular flexibility index (Phi) is 3.26. The first-order valence-corrected chi connectivity index (χ1v) is 6.97. The number of carbonyl (C=O) groups is 1. The van der Waals surface area contributed by atoms with Crippen LogP contribution in [0.1, 0.15) is 24.4 Å². The van der Waals surface area contributed by atoms with Gasteiger partial charge in [0.05, 0.1) is 6.04 Å². The van der Waals surface area contributed by atoms with Gasteiger partial charge in [-0.2, -0.15) is 0 Å². The summed E-state index contributed by atoms with van der Waals surface area (Å²) in [6.07, 6.45) is 1.95. The Morgan fingerprint density at radius 3 is 3.06 bits per heavy atom. The van der Waals surface area contributed by atoms with Crippen molar-refractivity contribution in [3.8, 4) is 0 Å². The summed E-state index contributed by atoms with van der Waals surface area (Å²) in [4.78, 5) is 11.7. The van der Waals surface area contributed by atoms with E-state index in [1.54, 1.807) is 0 Å². The molecule has 2 N–H and O–H groups in total. The molecule has 2 heterocycles. The molecule has 2 aliphatic heterocycles. The van der Waals surface area contributed by atoms with Crippen molar-refractivity contribution in [1.82, 2.24) is 10.6 Å². The second-order valence-corrected chi connectivity index (χ2v) is 5.66. The number of amides is 2. The predicted octanol–water partition coefficient (Wildman–Crippen LogP) is 2.56. The fourth-order valence-corrected chi connectivity index (χ4v) is 3.16. The number of ether oxygens (including phenoxy) is 1. The molecule has 1 aromatic rings. The van der Waals surface area contributed by atoms with Crippen molar-refractivity contribution in [3.05, 3.63) is 34.3 Å². The second-order valence-electron chi connectivity index (χ2n) is 4.75. The molecule has 2 aliphatic rings. The third kappa shape index (κ3) is 2.24. The zero-order chi connectivity index (χ0) is 12.5. The number of carbonyl (C=O) groups excluding carboxylic acids is 1. The average Bonchev–Trinajstić information content (AvgIpc) is 2.37. The van der Waals surface area contributed by atoms with Crippen LogP contribution in [-0.2, 0) is 4.74 Å². The van der Waals surface area contributed by atoms with E-state index in [9.17, 15) is 4.79 Å². The van der Waals surface area contributed by atoms with Crippen LogP contribution in [0.2, 0.25) is 0 Å². The fraction of sp³-hybridized carbons (Fsp3) is 0.462. The number of benzene rings is 1. The van der Waals surface area contributed by atoms with Gasteiger partial charge < -0.3 is 15.4 Å². The van der Waals surface area contributed by atoms with Gasteiger partial charge in [-0.05, 0) is 30.5 Å². The maximum absolute atomic E-state index is 11.7. The van der Waals surface area contributed by atoms with Gasteiger partial charge in [0.2, 0.25) is 0 Å². The minimum Gasteiger partial charge on any atom is -0.358 e. The third-order valence-electron chi connectivity index (χ3n) is 3.56. The molecule has 1 aromatic carbocycles. The number of hydrogen-bond acceptors (Lipinski definition) is 2. The van der Waals surface area contributed by atoms with Gasteiger partial charge in [-0.3, -0.25) is 0 Å². The quantitative estimate of drug-likeness (QED) is 0.837. The molecule has 3 atom stereocenters. The van der Waals surface area contributed by atoms with E-state index in [0.717, 1.165) is 29.5 Å². The maximum Gasteiger partial charge on any atom is 0.317 e. The highest BCUT2D eigenvalue weighted by Gasteiger charge is 2.39. The second kappa shape index (κ2) is 4.90. The molecule has 0 bridgehead atoms. The normalized spacial score (nSPS) is 31.2. The van der Waals surface area contributed by atoms with Gasteiger partial charge in [0.15, 0.2) is 0 Å². The number of urea groups is 1. The lowest BCUT2D eigenvalue weighted by Crippen LogP contribution is -2.58. The minimum absolute atomic E-state index is 0.0292. The molecule has 2 fully saturated rings. The standard InChI is InChI=1S/C13H15BrN2O2/c14-9-4-1-3-8(7-9)11-10-5-2-6-18-12(10)16-13(17)15-11/h1,3-4,7,10-12H,2,5-6H2,(H2,15,16,17). The van der Waals surface area contributed by atoms with E-state index < -0.39 is 0 Å². The zero-order valence-electron chi connectivity index (χ0n) is 9.86. The molecular weight excluding hydrogens is 296 g/mol. The van der Waals surface area contributed by atoms with Gasteiger partial charge >= 0.3 is 6.03 Å². The molecule has 0 spiro atoms. The Morgan fingerprint density at radius 1 is 1.33 bits per heavy atom. The Hall–Kier alpha value is -1.07. The van der Waals surface area contributed by atoms with Crippen molar-refractivity contribution in [3.63, 3.8) is 0 Å². The number of fused-ring (bicyclic) bond motifs is 1. The number of nitrogens with one attached hydrogen (secondary N) is 2. The topological polar surface area (TPSA) is 50.4 Å². The van der Waals surface area contributed by atoms with Gasteiger partial charge in [-0.1, -0.05) is 28.1 Å². The Morgan fingerprint density at radius 2 is 2.22 bits per heavy atom. The van der Waals surface area contributed by atoms with Gasteiger partial charge in [-0.25, -0.2) is 4.79 Å². The molecule has 0 radical (unpaired) electrons. The van der Waals surface area contributed by atoms with Crippen molar-refractivity contribution < 1.29 is 9.53 Å². The first-order chi connectivity index (χ1) is 8.74. The van der Waals surface area contributed by atoms with Crippen molar-refractivity contribution in [2.24, 2.45) is 5.92 Å². The van der Waals surface area contributed by atoms with Crippen molar-refractivity contribution in [2.75, 3.05) is 6.61 Å². The summed E-state index contributed by atoms with van der Waals surface area (Å²) in [7, 11) is 0. The number of rotatable bonds is 1. The summed E-state index contributed by atoms with van der Waals surface area (Å²) < 4.78 is 6.68. The van der Waals surface area contributed by atoms with Crippen LogP contribution < -0.4 is 10.6 Å². The molecular formula is C13H15BrN2O2. The van der Waals surface area contributed by atoms with E-state index >= 15 is 0 Å². The summed E-state index contributed by atoms with van der Waals surface area (Å²) in [6.45, 7) is 0.729. The molecule has 3 unspecified atom stereocenters. The Balaban J connectivity index is 1.90. The van der Waals surface area contributed by atoms with Crippen LogP contribution >= 0.6 is 15.9 Å². The van der Waals surface area contributed by atoms with Crippen LogP contribution in [0.3, 0.4) is 0 Å². The largest absolute Gasteiger partial charge is 0.358 e. The predicted molar refractivity (Wildman–Crippen MR) is 71.0 cm³/mol. The summed E-state index contributed by atoms with van der Waals surface area (Å²) in [6, 6.07) is 7.96. The molecule has 0 aliphatic carbocycles. The summed E-state index contributed by atoms with van der Waals surface area (Å²) in [5.41, 5.74) is 1.12. The monoisotopic (exact) mass is 310 g/mol. The van der Waals surface area contributed by atoms with Crippen LogP contribution in [0.5, 0.6) is 0 Å². The first-order valence-electron chi connectivity index (χ1n) is 6.18. The van der Waals surface area contributed by atoms with E-state index in [4.69, 9.17) is 4.74 Å². The zero-order valence-corrected chi connectivity index (χ0v) is 11.4. The fourth-order valence-electron chi connectivity index (χ4n) is 2.74. The number of hydrogen-bond donors (Lipinski definition) is 2. The molecule has 3 rings (SSSR count).